The van der Waals surface area contributed by atoms with Crippen LogP contribution in [0.4, 0.5) is 11.4 Å². The second-order valence-corrected chi connectivity index (χ2v) is 4.56. The topological polar surface area (TPSA) is 45.6 Å². The van der Waals surface area contributed by atoms with Gasteiger partial charge < -0.3 is 15.4 Å². The zero-order valence-corrected chi connectivity index (χ0v) is 11.4. The molecule has 2 aromatic carbocycles. The molecule has 0 unspecified atom stereocenters. The predicted molar refractivity (Wildman–Crippen MR) is 82.1 cm³/mol. The lowest BCUT2D eigenvalue weighted by Gasteiger charge is -2.12. The average Bonchev–Trinajstić information content (AvgIpc) is 3.03. The molecule has 0 aromatic heterocycles. The van der Waals surface area contributed by atoms with Crippen LogP contribution in [0.25, 0.3) is 0 Å². The number of ether oxygens (including phenoxy) is 1. The van der Waals surface area contributed by atoms with Crippen molar-refractivity contribution in [3.63, 3.8) is 0 Å². The van der Waals surface area contributed by atoms with Crippen LogP contribution in [0.1, 0.15) is 5.56 Å². The first-order valence-corrected chi connectivity index (χ1v) is 6.65. The van der Waals surface area contributed by atoms with Crippen molar-refractivity contribution in [2.24, 2.45) is 4.99 Å². The summed E-state index contributed by atoms with van der Waals surface area (Å²) < 4.78 is 5.17. The minimum absolute atomic E-state index is 0.839. The molecule has 0 aliphatic carbocycles. The van der Waals surface area contributed by atoms with Crippen LogP contribution in [0.3, 0.4) is 0 Å². The number of methoxy groups -OCH3 is 1. The summed E-state index contributed by atoms with van der Waals surface area (Å²) in [5.41, 5.74) is 3.17. The molecule has 0 radical (unpaired) electrons. The van der Waals surface area contributed by atoms with E-state index in [1.807, 2.05) is 36.4 Å². The summed E-state index contributed by atoms with van der Waals surface area (Å²) >= 11 is 0. The highest BCUT2D eigenvalue weighted by molar-refractivity contribution is 6.04. The fourth-order valence-corrected chi connectivity index (χ4v) is 2.21. The highest BCUT2D eigenvalue weighted by atomic mass is 16.5. The first kappa shape index (κ1) is 12.5. The second kappa shape index (κ2) is 5.65. The number of hydrogen-bond donors (Lipinski definition) is 2. The van der Waals surface area contributed by atoms with E-state index in [0.717, 1.165) is 41.6 Å². The van der Waals surface area contributed by atoms with Crippen molar-refractivity contribution < 1.29 is 4.74 Å². The van der Waals surface area contributed by atoms with Gasteiger partial charge in [0.25, 0.3) is 0 Å². The van der Waals surface area contributed by atoms with E-state index in [4.69, 9.17) is 4.74 Å². The SMILES string of the molecule is COc1ccc(Nc2ccccc2C2=NCCN2)cc1. The Morgan fingerprint density at radius 2 is 1.90 bits per heavy atom. The fraction of sp³-hybridized carbons (Fsp3) is 0.188. The molecular formula is C16H17N3O. The van der Waals surface area contributed by atoms with E-state index in [2.05, 4.69) is 27.8 Å². The van der Waals surface area contributed by atoms with E-state index in [-0.39, 0.29) is 0 Å². The van der Waals surface area contributed by atoms with Gasteiger partial charge in [0.15, 0.2) is 0 Å². The summed E-state index contributed by atoms with van der Waals surface area (Å²) in [4.78, 5) is 4.48. The van der Waals surface area contributed by atoms with Crippen LogP contribution < -0.4 is 15.4 Å². The Morgan fingerprint density at radius 3 is 2.60 bits per heavy atom. The molecule has 102 valence electrons. The van der Waals surface area contributed by atoms with E-state index in [1.165, 1.54) is 0 Å². The standard InChI is InChI=1S/C16H17N3O/c1-20-13-8-6-12(7-9-13)19-15-5-3-2-4-14(15)16-17-10-11-18-16/h2-9,19H,10-11H2,1H3,(H,17,18). The lowest BCUT2D eigenvalue weighted by atomic mass is 10.1. The van der Waals surface area contributed by atoms with Gasteiger partial charge in [-0.2, -0.15) is 0 Å². The Morgan fingerprint density at radius 1 is 1.10 bits per heavy atom. The highest BCUT2D eigenvalue weighted by Crippen LogP contribution is 2.23. The number of anilines is 2. The Balaban J connectivity index is 1.86. The molecule has 0 amide bonds. The van der Waals surface area contributed by atoms with E-state index in [9.17, 15) is 0 Å². The predicted octanol–water partition coefficient (Wildman–Crippen LogP) is 2.79. The largest absolute Gasteiger partial charge is 0.497 e. The summed E-state index contributed by atoms with van der Waals surface area (Å²) in [6, 6.07) is 16.1. The van der Waals surface area contributed by atoms with Gasteiger partial charge >= 0.3 is 0 Å². The van der Waals surface area contributed by atoms with Gasteiger partial charge in [0.1, 0.15) is 11.6 Å². The van der Waals surface area contributed by atoms with Crippen molar-refractivity contribution in [2.45, 2.75) is 0 Å². The smallest absolute Gasteiger partial charge is 0.130 e. The zero-order chi connectivity index (χ0) is 13.8. The van der Waals surface area contributed by atoms with Gasteiger partial charge in [0.2, 0.25) is 0 Å². The molecule has 1 heterocycles. The summed E-state index contributed by atoms with van der Waals surface area (Å²) in [6.07, 6.45) is 0. The minimum atomic E-state index is 0.839. The molecule has 0 spiro atoms. The normalized spacial score (nSPS) is 13.6. The Bertz CT molecular complexity index is 620. The number of aliphatic imine (C=N–C) groups is 1. The Hall–Kier alpha value is -2.49. The molecule has 0 fully saturated rings. The second-order valence-electron chi connectivity index (χ2n) is 4.56. The van der Waals surface area contributed by atoms with Crippen LogP contribution in [0.15, 0.2) is 53.5 Å². The quantitative estimate of drug-likeness (QED) is 0.895. The third-order valence-electron chi connectivity index (χ3n) is 3.23. The molecule has 4 heteroatoms. The fourth-order valence-electron chi connectivity index (χ4n) is 2.21. The molecule has 0 saturated carbocycles. The number of rotatable bonds is 4. The van der Waals surface area contributed by atoms with Crippen LogP contribution in [0.2, 0.25) is 0 Å². The maximum absolute atomic E-state index is 5.17. The van der Waals surface area contributed by atoms with Crippen molar-refractivity contribution in [3.05, 3.63) is 54.1 Å². The van der Waals surface area contributed by atoms with Crippen LogP contribution in [0, 0.1) is 0 Å². The number of para-hydroxylation sites is 1. The molecule has 2 aromatic rings. The number of hydrogen-bond acceptors (Lipinski definition) is 4. The van der Waals surface area contributed by atoms with Gasteiger partial charge in [0, 0.05) is 23.5 Å². The van der Waals surface area contributed by atoms with Crippen LogP contribution in [-0.4, -0.2) is 26.0 Å². The Labute approximate surface area is 118 Å². The number of amidine groups is 1. The van der Waals surface area contributed by atoms with Crippen molar-refractivity contribution in [3.8, 4) is 5.75 Å². The van der Waals surface area contributed by atoms with Crippen LogP contribution in [0.5, 0.6) is 5.75 Å². The first-order valence-electron chi connectivity index (χ1n) is 6.65. The molecule has 3 rings (SSSR count). The van der Waals surface area contributed by atoms with E-state index in [1.54, 1.807) is 7.11 Å². The maximum atomic E-state index is 5.17. The Kier molecular flexibility index (Phi) is 3.54. The van der Waals surface area contributed by atoms with Gasteiger partial charge in [-0.25, -0.2) is 0 Å². The molecule has 1 aliphatic rings. The summed E-state index contributed by atoms with van der Waals surface area (Å²) in [6.45, 7) is 1.75. The van der Waals surface area contributed by atoms with E-state index in [0.29, 0.717) is 0 Å². The molecule has 0 bridgehead atoms. The maximum Gasteiger partial charge on any atom is 0.130 e. The van der Waals surface area contributed by atoms with E-state index < -0.39 is 0 Å². The zero-order valence-electron chi connectivity index (χ0n) is 11.4. The number of nitrogens with one attached hydrogen (secondary N) is 2. The van der Waals surface area contributed by atoms with Gasteiger partial charge in [-0.1, -0.05) is 12.1 Å². The van der Waals surface area contributed by atoms with Crippen LogP contribution >= 0.6 is 0 Å². The molecule has 1 aliphatic heterocycles. The summed E-state index contributed by atoms with van der Waals surface area (Å²) in [5.74, 6) is 1.81. The lowest BCUT2D eigenvalue weighted by molar-refractivity contribution is 0.415. The highest BCUT2D eigenvalue weighted by Gasteiger charge is 2.12. The average molecular weight is 267 g/mol. The van der Waals surface area contributed by atoms with Crippen LogP contribution in [-0.2, 0) is 0 Å². The molecule has 4 nitrogen and oxygen atoms in total. The van der Waals surface area contributed by atoms with Crippen molar-refractivity contribution in [1.29, 1.82) is 0 Å². The number of nitrogens with zero attached hydrogens (tertiary/aromatic N) is 1. The van der Waals surface area contributed by atoms with Gasteiger partial charge in [-0.3, -0.25) is 4.99 Å². The van der Waals surface area contributed by atoms with Crippen molar-refractivity contribution in [2.75, 3.05) is 25.5 Å². The lowest BCUT2D eigenvalue weighted by Crippen LogP contribution is -2.20. The molecular weight excluding hydrogens is 250 g/mol. The third-order valence-corrected chi connectivity index (χ3v) is 3.23. The third kappa shape index (κ3) is 2.59. The summed E-state index contributed by atoms with van der Waals surface area (Å²) in [7, 11) is 1.67. The molecule has 2 N–H and O–H groups in total. The van der Waals surface area contributed by atoms with Crippen molar-refractivity contribution in [1.82, 2.24) is 5.32 Å². The van der Waals surface area contributed by atoms with Crippen molar-refractivity contribution >= 4 is 17.2 Å². The molecule has 20 heavy (non-hydrogen) atoms. The van der Waals surface area contributed by atoms with Gasteiger partial charge in [0.05, 0.1) is 13.7 Å². The van der Waals surface area contributed by atoms with Gasteiger partial charge in [-0.05, 0) is 36.4 Å². The number of benzene rings is 2. The minimum Gasteiger partial charge on any atom is -0.497 e. The summed E-state index contributed by atoms with van der Waals surface area (Å²) in [5, 5.41) is 6.73. The van der Waals surface area contributed by atoms with E-state index >= 15 is 0 Å². The molecule has 0 saturated heterocycles. The monoisotopic (exact) mass is 267 g/mol. The van der Waals surface area contributed by atoms with Gasteiger partial charge in [-0.15, -0.1) is 0 Å². The molecule has 0 atom stereocenters. The first-order chi connectivity index (χ1) is 9.86.